The number of nitrogens with zero attached hydrogens (tertiary/aromatic N) is 4. The quantitative estimate of drug-likeness (QED) is 0.587. The van der Waals surface area contributed by atoms with Gasteiger partial charge in [0.25, 0.3) is 11.5 Å². The fraction of sp³-hybridized carbons (Fsp3) is 0.409. The number of methoxy groups -OCH3 is 1. The van der Waals surface area contributed by atoms with E-state index in [1.165, 1.54) is 16.8 Å². The van der Waals surface area contributed by atoms with Crippen LogP contribution in [0.2, 0.25) is 0 Å². The number of hydrogen-bond donors (Lipinski definition) is 1. The van der Waals surface area contributed by atoms with Crippen LogP contribution in [0.4, 0.5) is 5.69 Å². The summed E-state index contributed by atoms with van der Waals surface area (Å²) < 4.78 is 13.8. The van der Waals surface area contributed by atoms with Crippen molar-refractivity contribution in [1.82, 2.24) is 19.2 Å². The summed E-state index contributed by atoms with van der Waals surface area (Å²) in [7, 11) is 1.55. The van der Waals surface area contributed by atoms with Gasteiger partial charge in [-0.3, -0.25) is 14.5 Å². The van der Waals surface area contributed by atoms with Crippen LogP contribution in [-0.2, 0) is 22.6 Å². The number of amides is 1. The van der Waals surface area contributed by atoms with E-state index in [0.717, 1.165) is 50.3 Å². The van der Waals surface area contributed by atoms with Crippen LogP contribution < -0.4 is 10.9 Å². The number of fused-ring (bicyclic) bond motifs is 1. The Bertz CT molecular complexity index is 1100. The van der Waals surface area contributed by atoms with Crippen LogP contribution in [-0.4, -0.2) is 71.7 Å². The van der Waals surface area contributed by atoms with Crippen LogP contribution in [0.25, 0.3) is 10.9 Å². The van der Waals surface area contributed by atoms with E-state index in [-0.39, 0.29) is 17.2 Å². The lowest BCUT2D eigenvalue weighted by atomic mass is 10.2. The lowest BCUT2D eigenvalue weighted by Crippen LogP contribution is -2.38. The lowest BCUT2D eigenvalue weighted by molar-refractivity contribution is 0.0365. The van der Waals surface area contributed by atoms with E-state index in [0.29, 0.717) is 18.8 Å². The highest BCUT2D eigenvalue weighted by Gasteiger charge is 2.13. The standard InChI is InChI=1S/C22H27N5O4/c1-30-13-12-27-21(28)5-3-19(24-27)22(29)23-18-2-4-20-17(16-18)6-7-26(20)9-8-25-10-14-31-15-11-25/h2-7,16H,8-15H2,1H3,(H,23,29). The van der Waals surface area contributed by atoms with Gasteiger partial charge in [0.15, 0.2) is 0 Å². The van der Waals surface area contributed by atoms with Crippen LogP contribution in [0.5, 0.6) is 0 Å². The summed E-state index contributed by atoms with van der Waals surface area (Å²) >= 11 is 0. The Labute approximate surface area is 180 Å². The van der Waals surface area contributed by atoms with Gasteiger partial charge in [-0.2, -0.15) is 5.10 Å². The first kappa shape index (κ1) is 21.2. The van der Waals surface area contributed by atoms with Crippen molar-refractivity contribution in [2.45, 2.75) is 13.1 Å². The zero-order valence-corrected chi connectivity index (χ0v) is 17.6. The van der Waals surface area contributed by atoms with E-state index in [2.05, 4.69) is 26.1 Å². The molecule has 0 radical (unpaired) electrons. The minimum atomic E-state index is -0.364. The first-order valence-corrected chi connectivity index (χ1v) is 10.4. The van der Waals surface area contributed by atoms with Crippen LogP contribution in [0.3, 0.4) is 0 Å². The number of rotatable bonds is 8. The maximum atomic E-state index is 12.6. The average molecular weight is 425 g/mol. The highest BCUT2D eigenvalue weighted by molar-refractivity contribution is 6.03. The van der Waals surface area contributed by atoms with Crippen LogP contribution in [0.1, 0.15) is 10.5 Å². The Morgan fingerprint density at radius 1 is 1.13 bits per heavy atom. The van der Waals surface area contributed by atoms with Gasteiger partial charge in [-0.25, -0.2) is 4.68 Å². The molecule has 0 atom stereocenters. The van der Waals surface area contributed by atoms with Gasteiger partial charge >= 0.3 is 0 Å². The number of hydrogen-bond acceptors (Lipinski definition) is 6. The Morgan fingerprint density at radius 3 is 2.77 bits per heavy atom. The van der Waals surface area contributed by atoms with Gasteiger partial charge in [-0.1, -0.05) is 0 Å². The Hall–Kier alpha value is -3.01. The van der Waals surface area contributed by atoms with Crippen molar-refractivity contribution >= 4 is 22.5 Å². The molecule has 0 saturated carbocycles. The van der Waals surface area contributed by atoms with Gasteiger partial charge in [-0.05, 0) is 30.3 Å². The fourth-order valence-electron chi connectivity index (χ4n) is 3.65. The topological polar surface area (TPSA) is 90.6 Å². The van der Waals surface area contributed by atoms with Crippen molar-refractivity contribution in [2.24, 2.45) is 0 Å². The Kier molecular flexibility index (Phi) is 6.76. The van der Waals surface area contributed by atoms with Gasteiger partial charge < -0.3 is 19.4 Å². The molecule has 1 aromatic carbocycles. The molecule has 9 heteroatoms. The summed E-state index contributed by atoms with van der Waals surface area (Å²) in [5, 5.41) is 8.06. The normalized spacial score (nSPS) is 14.7. The number of ether oxygens (including phenoxy) is 2. The molecule has 3 heterocycles. The first-order chi connectivity index (χ1) is 15.1. The third kappa shape index (κ3) is 5.19. The SMILES string of the molecule is COCCn1nc(C(=O)Nc2ccc3c(ccn3CCN3CCOCC3)c2)ccc1=O. The largest absolute Gasteiger partial charge is 0.383 e. The zero-order chi connectivity index (χ0) is 21.6. The molecule has 2 aromatic heterocycles. The van der Waals surface area contributed by atoms with E-state index >= 15 is 0 Å². The minimum Gasteiger partial charge on any atom is -0.383 e. The number of aromatic nitrogens is 3. The summed E-state index contributed by atoms with van der Waals surface area (Å²) in [6.07, 6.45) is 2.07. The third-order valence-corrected chi connectivity index (χ3v) is 5.40. The van der Waals surface area contributed by atoms with Crippen LogP contribution in [0, 0.1) is 0 Å². The van der Waals surface area contributed by atoms with Crippen molar-refractivity contribution in [1.29, 1.82) is 0 Å². The Balaban J connectivity index is 1.43. The second-order valence-corrected chi connectivity index (χ2v) is 7.46. The van der Waals surface area contributed by atoms with Crippen molar-refractivity contribution in [3.63, 3.8) is 0 Å². The molecule has 9 nitrogen and oxygen atoms in total. The molecule has 0 spiro atoms. The Morgan fingerprint density at radius 2 is 1.97 bits per heavy atom. The maximum absolute atomic E-state index is 12.6. The summed E-state index contributed by atoms with van der Waals surface area (Å²) in [4.78, 5) is 26.9. The molecule has 0 bridgehead atoms. The molecule has 1 fully saturated rings. The molecule has 0 aliphatic carbocycles. The van der Waals surface area contributed by atoms with Crippen molar-refractivity contribution < 1.29 is 14.3 Å². The number of morpholine rings is 1. The molecule has 164 valence electrons. The van der Waals surface area contributed by atoms with E-state index in [4.69, 9.17) is 9.47 Å². The van der Waals surface area contributed by atoms with Gasteiger partial charge in [0.05, 0.1) is 26.4 Å². The minimum absolute atomic E-state index is 0.180. The van der Waals surface area contributed by atoms with Crippen LogP contribution in [0.15, 0.2) is 47.4 Å². The molecule has 1 N–H and O–H groups in total. The summed E-state index contributed by atoms with van der Waals surface area (Å²) in [6.45, 7) is 6.07. The molecule has 1 saturated heterocycles. The predicted octanol–water partition coefficient (Wildman–Crippen LogP) is 1.43. The number of carbonyl (C=O) groups is 1. The predicted molar refractivity (Wildman–Crippen MR) is 118 cm³/mol. The average Bonchev–Trinajstić information content (AvgIpc) is 3.20. The lowest BCUT2D eigenvalue weighted by Gasteiger charge is -2.26. The highest BCUT2D eigenvalue weighted by atomic mass is 16.5. The molecule has 0 unspecified atom stereocenters. The molecule has 1 amide bonds. The van der Waals surface area contributed by atoms with Crippen LogP contribution >= 0.6 is 0 Å². The molecule has 1 aliphatic rings. The number of benzene rings is 1. The highest BCUT2D eigenvalue weighted by Crippen LogP contribution is 2.21. The molecule has 4 rings (SSSR count). The summed E-state index contributed by atoms with van der Waals surface area (Å²) in [5.41, 5.74) is 1.71. The van der Waals surface area contributed by atoms with E-state index < -0.39 is 0 Å². The molecular formula is C22H27N5O4. The number of carbonyl (C=O) groups excluding carboxylic acids is 1. The maximum Gasteiger partial charge on any atom is 0.276 e. The molecule has 1 aliphatic heterocycles. The van der Waals surface area contributed by atoms with E-state index in [1.54, 1.807) is 7.11 Å². The van der Waals surface area contributed by atoms with Gasteiger partial charge in [0, 0.05) is 62.1 Å². The second kappa shape index (κ2) is 9.86. The number of anilines is 1. The van der Waals surface area contributed by atoms with E-state index in [1.807, 2.05) is 24.3 Å². The van der Waals surface area contributed by atoms with Gasteiger partial charge in [0.1, 0.15) is 5.69 Å². The monoisotopic (exact) mass is 425 g/mol. The second-order valence-electron chi connectivity index (χ2n) is 7.46. The van der Waals surface area contributed by atoms with Gasteiger partial charge in [0.2, 0.25) is 0 Å². The smallest absolute Gasteiger partial charge is 0.276 e. The molecular weight excluding hydrogens is 398 g/mol. The third-order valence-electron chi connectivity index (χ3n) is 5.40. The number of nitrogens with one attached hydrogen (secondary N) is 1. The first-order valence-electron chi connectivity index (χ1n) is 10.4. The molecule has 3 aromatic rings. The summed E-state index contributed by atoms with van der Waals surface area (Å²) in [6, 6.07) is 10.7. The summed E-state index contributed by atoms with van der Waals surface area (Å²) in [5.74, 6) is -0.364. The molecule has 31 heavy (non-hydrogen) atoms. The van der Waals surface area contributed by atoms with Crippen molar-refractivity contribution in [3.8, 4) is 0 Å². The van der Waals surface area contributed by atoms with Gasteiger partial charge in [-0.15, -0.1) is 0 Å². The van der Waals surface area contributed by atoms with Crippen molar-refractivity contribution in [2.75, 3.05) is 51.9 Å². The van der Waals surface area contributed by atoms with Crippen molar-refractivity contribution in [3.05, 3.63) is 58.6 Å². The van der Waals surface area contributed by atoms with E-state index in [9.17, 15) is 9.59 Å². The fourth-order valence-corrected chi connectivity index (χ4v) is 3.65. The zero-order valence-electron chi connectivity index (χ0n) is 17.6.